The summed E-state index contributed by atoms with van der Waals surface area (Å²) >= 11 is 0. The van der Waals surface area contributed by atoms with Crippen LogP contribution in [-0.2, 0) is 12.8 Å². The molecule has 0 atom stereocenters. The number of hydrogen-bond donors (Lipinski definition) is 1. The topological polar surface area (TPSA) is 37.3 Å². The van der Waals surface area contributed by atoms with E-state index in [4.69, 9.17) is 0 Å². The highest BCUT2D eigenvalue weighted by atomic mass is 16.1. The summed E-state index contributed by atoms with van der Waals surface area (Å²) in [6.07, 6.45) is 3.46. The van der Waals surface area contributed by atoms with Crippen LogP contribution in [0.5, 0.6) is 0 Å². The molecule has 1 N–H and O–H groups in total. The lowest BCUT2D eigenvalue weighted by Gasteiger charge is -2.05. The van der Waals surface area contributed by atoms with Gasteiger partial charge in [-0.1, -0.05) is 37.3 Å². The fourth-order valence-corrected chi connectivity index (χ4v) is 2.49. The summed E-state index contributed by atoms with van der Waals surface area (Å²) in [6, 6.07) is 13.9. The van der Waals surface area contributed by atoms with Gasteiger partial charge in [-0.3, -0.25) is 9.31 Å². The van der Waals surface area contributed by atoms with Gasteiger partial charge < -0.3 is 5.10 Å². The Morgan fingerprint density at radius 3 is 2.68 bits per heavy atom. The van der Waals surface area contributed by atoms with E-state index in [1.807, 2.05) is 28.8 Å². The molecule has 0 aliphatic carbocycles. The number of nitrogens with one attached hydrogen (secondary N) is 1. The molecule has 0 saturated carbocycles. The van der Waals surface area contributed by atoms with Crippen molar-refractivity contribution in [2.45, 2.75) is 19.8 Å². The average Bonchev–Trinajstić information content (AvgIpc) is 2.80. The molecule has 0 bridgehead atoms. The zero-order chi connectivity index (χ0) is 13.2. The van der Waals surface area contributed by atoms with E-state index in [0.29, 0.717) is 0 Å². The van der Waals surface area contributed by atoms with Crippen LogP contribution in [0.1, 0.15) is 23.7 Å². The quantitative estimate of drug-likeness (QED) is 0.764. The third-order valence-electron chi connectivity index (χ3n) is 3.48. The first-order valence-electron chi connectivity index (χ1n) is 6.54. The summed E-state index contributed by atoms with van der Waals surface area (Å²) in [4.78, 5) is 11.9. The second-order valence-corrected chi connectivity index (χ2v) is 4.68. The van der Waals surface area contributed by atoms with Crippen LogP contribution in [0.4, 0.5) is 0 Å². The largest absolute Gasteiger partial charge is 0.301 e. The Kier molecular flexibility index (Phi) is 2.95. The lowest BCUT2D eigenvalue weighted by Crippen LogP contribution is -2.07. The molecule has 3 aromatic rings. The number of nitrogens with zero attached hydrogens (tertiary/aromatic N) is 1. The van der Waals surface area contributed by atoms with Crippen molar-refractivity contribution < 1.29 is 0 Å². The third-order valence-corrected chi connectivity index (χ3v) is 3.48. The molecule has 2 aromatic heterocycles. The smallest absolute Gasteiger partial charge is 0.205 e. The molecule has 0 aliphatic heterocycles. The van der Waals surface area contributed by atoms with Gasteiger partial charge in [0.1, 0.15) is 5.52 Å². The van der Waals surface area contributed by atoms with E-state index in [-0.39, 0.29) is 5.43 Å². The van der Waals surface area contributed by atoms with Gasteiger partial charge in [-0.15, -0.1) is 0 Å². The minimum Gasteiger partial charge on any atom is -0.301 e. The third kappa shape index (κ3) is 2.08. The van der Waals surface area contributed by atoms with E-state index >= 15 is 0 Å². The summed E-state index contributed by atoms with van der Waals surface area (Å²) in [5, 5.41) is 3.15. The molecular weight excluding hydrogens is 236 g/mol. The lowest BCUT2D eigenvalue weighted by atomic mass is 10.1. The van der Waals surface area contributed by atoms with Crippen molar-refractivity contribution in [2.75, 3.05) is 0 Å². The molecular formula is C16H16N2O. The Morgan fingerprint density at radius 1 is 1.16 bits per heavy atom. The molecule has 2 heterocycles. The molecule has 19 heavy (non-hydrogen) atoms. The van der Waals surface area contributed by atoms with Gasteiger partial charge in [-0.25, -0.2) is 0 Å². The van der Waals surface area contributed by atoms with E-state index in [0.717, 1.165) is 18.4 Å². The molecule has 3 rings (SSSR count). The van der Waals surface area contributed by atoms with Gasteiger partial charge in [0.25, 0.3) is 0 Å². The molecule has 0 saturated heterocycles. The number of fused-ring (bicyclic) bond motifs is 1. The Balaban J connectivity index is 2.17. The number of aromatic amines is 1. The maximum absolute atomic E-state index is 11.9. The van der Waals surface area contributed by atoms with Crippen molar-refractivity contribution in [1.29, 1.82) is 0 Å². The van der Waals surface area contributed by atoms with Gasteiger partial charge in [0.05, 0.1) is 0 Å². The SMILES string of the molecule is CCc1cc2c(=O)cc[nH]n2c1Cc1ccccc1. The highest BCUT2D eigenvalue weighted by Gasteiger charge is 2.11. The Bertz CT molecular complexity index is 753. The highest BCUT2D eigenvalue weighted by Crippen LogP contribution is 2.18. The van der Waals surface area contributed by atoms with Crippen molar-refractivity contribution in [3.05, 3.63) is 75.7 Å². The van der Waals surface area contributed by atoms with Gasteiger partial charge in [0.15, 0.2) is 0 Å². The van der Waals surface area contributed by atoms with Crippen LogP contribution in [0, 0.1) is 0 Å². The summed E-state index contributed by atoms with van der Waals surface area (Å²) in [6.45, 7) is 2.12. The molecule has 0 amide bonds. The van der Waals surface area contributed by atoms with Crippen LogP contribution in [0.25, 0.3) is 5.52 Å². The minimum atomic E-state index is 0.0627. The molecule has 0 radical (unpaired) electrons. The van der Waals surface area contributed by atoms with Crippen LogP contribution in [-0.4, -0.2) is 9.61 Å². The molecule has 0 unspecified atom stereocenters. The van der Waals surface area contributed by atoms with E-state index < -0.39 is 0 Å². The van der Waals surface area contributed by atoms with Gasteiger partial charge in [0.2, 0.25) is 5.43 Å². The van der Waals surface area contributed by atoms with Gasteiger partial charge in [0, 0.05) is 24.4 Å². The fourth-order valence-electron chi connectivity index (χ4n) is 2.49. The second-order valence-electron chi connectivity index (χ2n) is 4.68. The maximum atomic E-state index is 11.9. The molecule has 0 fully saturated rings. The standard InChI is InChI=1S/C16H16N2O/c1-2-13-11-15-16(19)8-9-17-18(15)14(13)10-12-6-4-3-5-7-12/h3-9,11,17H,2,10H2,1H3. The van der Waals surface area contributed by atoms with Crippen LogP contribution in [0.3, 0.4) is 0 Å². The number of benzene rings is 1. The monoisotopic (exact) mass is 252 g/mol. The van der Waals surface area contributed by atoms with E-state index in [2.05, 4.69) is 24.2 Å². The number of rotatable bonds is 3. The molecule has 0 spiro atoms. The van der Waals surface area contributed by atoms with Gasteiger partial charge in [-0.2, -0.15) is 0 Å². The normalized spacial score (nSPS) is 11.0. The van der Waals surface area contributed by atoms with Crippen LogP contribution >= 0.6 is 0 Å². The molecule has 96 valence electrons. The van der Waals surface area contributed by atoms with Crippen molar-refractivity contribution in [1.82, 2.24) is 9.61 Å². The average molecular weight is 252 g/mol. The predicted octanol–water partition coefficient (Wildman–Crippen LogP) is 2.78. The van der Waals surface area contributed by atoms with Crippen molar-refractivity contribution in [3.8, 4) is 0 Å². The lowest BCUT2D eigenvalue weighted by molar-refractivity contribution is 0.853. The number of aromatic nitrogens is 2. The minimum absolute atomic E-state index is 0.0627. The molecule has 3 nitrogen and oxygen atoms in total. The molecule has 0 aliphatic rings. The van der Waals surface area contributed by atoms with E-state index in [9.17, 15) is 4.79 Å². The maximum Gasteiger partial charge on any atom is 0.205 e. The fraction of sp³-hybridized carbons (Fsp3) is 0.188. The van der Waals surface area contributed by atoms with Gasteiger partial charge >= 0.3 is 0 Å². The van der Waals surface area contributed by atoms with Gasteiger partial charge in [-0.05, 0) is 23.6 Å². The molecule has 1 aromatic carbocycles. The molecule has 3 heteroatoms. The van der Waals surface area contributed by atoms with E-state index in [1.54, 1.807) is 12.3 Å². The van der Waals surface area contributed by atoms with Crippen molar-refractivity contribution in [3.63, 3.8) is 0 Å². The first kappa shape index (κ1) is 11.8. The summed E-state index contributed by atoms with van der Waals surface area (Å²) < 4.78 is 1.91. The van der Waals surface area contributed by atoms with E-state index in [1.165, 1.54) is 16.8 Å². The van der Waals surface area contributed by atoms with Crippen LogP contribution < -0.4 is 5.43 Å². The summed E-state index contributed by atoms with van der Waals surface area (Å²) in [5.74, 6) is 0. The van der Waals surface area contributed by atoms with Crippen LogP contribution in [0.15, 0.2) is 53.5 Å². The zero-order valence-corrected chi connectivity index (χ0v) is 10.9. The zero-order valence-electron chi connectivity index (χ0n) is 10.9. The Morgan fingerprint density at radius 2 is 1.95 bits per heavy atom. The van der Waals surface area contributed by atoms with Crippen molar-refractivity contribution in [2.24, 2.45) is 0 Å². The first-order chi connectivity index (χ1) is 9.29. The predicted molar refractivity (Wildman–Crippen MR) is 76.6 cm³/mol. The van der Waals surface area contributed by atoms with Crippen LogP contribution in [0.2, 0.25) is 0 Å². The summed E-state index contributed by atoms with van der Waals surface area (Å²) in [5.41, 5.74) is 4.43. The Hall–Kier alpha value is -2.29. The highest BCUT2D eigenvalue weighted by molar-refractivity contribution is 5.52. The summed E-state index contributed by atoms with van der Waals surface area (Å²) in [7, 11) is 0. The number of H-pyrrole nitrogens is 1. The second kappa shape index (κ2) is 4.76. The first-order valence-corrected chi connectivity index (χ1v) is 6.54. The Labute approximate surface area is 111 Å². The number of hydrogen-bond acceptors (Lipinski definition) is 1. The number of aryl methyl sites for hydroxylation is 1. The van der Waals surface area contributed by atoms with Crippen molar-refractivity contribution >= 4 is 5.52 Å².